The quantitative estimate of drug-likeness (QED) is 0.631. The Morgan fingerprint density at radius 2 is 2.05 bits per heavy atom. The molecule has 1 N–H and O–H groups in total. The Balaban J connectivity index is 2.16. The van der Waals surface area contributed by atoms with E-state index in [1.807, 2.05) is 19.2 Å². The molecule has 2 aromatic heterocycles. The van der Waals surface area contributed by atoms with Gasteiger partial charge in [-0.3, -0.25) is 4.79 Å². The van der Waals surface area contributed by atoms with Crippen molar-refractivity contribution in [3.63, 3.8) is 0 Å². The lowest BCUT2D eigenvalue weighted by Crippen LogP contribution is -2.20. The fourth-order valence-electron chi connectivity index (χ4n) is 1.98. The smallest absolute Gasteiger partial charge is 0.267 e. The number of nitrogens with zero attached hydrogens (tertiary/aromatic N) is 1. The number of hydrazone groups is 1. The zero-order valence-corrected chi connectivity index (χ0v) is 14.5. The molecule has 0 unspecified atom stereocenters. The van der Waals surface area contributed by atoms with Gasteiger partial charge in [0.05, 0.1) is 16.2 Å². The number of thiophene rings is 2. The number of carbonyl (C=O) groups excluding carboxylic acids is 1. The molecule has 0 spiro atoms. The molecule has 0 saturated carbocycles. The Morgan fingerprint density at radius 1 is 1.29 bits per heavy atom. The van der Waals surface area contributed by atoms with E-state index >= 15 is 0 Å². The predicted octanol–water partition coefficient (Wildman–Crippen LogP) is 4.67. The number of nitrogens with one attached hydrogen (secondary N) is 1. The van der Waals surface area contributed by atoms with E-state index < -0.39 is 0 Å². The summed E-state index contributed by atoms with van der Waals surface area (Å²) in [4.78, 5) is 15.8. The van der Waals surface area contributed by atoms with E-state index in [-0.39, 0.29) is 5.91 Å². The Labute approximate surface area is 133 Å². The zero-order chi connectivity index (χ0) is 15.4. The topological polar surface area (TPSA) is 41.5 Å². The first kappa shape index (κ1) is 15.9. The highest BCUT2D eigenvalue weighted by atomic mass is 32.1. The summed E-state index contributed by atoms with van der Waals surface area (Å²) in [5, 5.41) is 6.25. The van der Waals surface area contributed by atoms with Gasteiger partial charge >= 0.3 is 0 Å². The third-order valence-corrected chi connectivity index (χ3v) is 5.40. The second-order valence-corrected chi connectivity index (χ2v) is 7.36. The predicted molar refractivity (Wildman–Crippen MR) is 91.8 cm³/mol. The van der Waals surface area contributed by atoms with Crippen LogP contribution in [0.2, 0.25) is 0 Å². The van der Waals surface area contributed by atoms with Crippen molar-refractivity contribution in [1.29, 1.82) is 0 Å². The normalized spacial score (nSPS) is 11.7. The molecule has 0 bridgehead atoms. The van der Waals surface area contributed by atoms with Gasteiger partial charge in [0.15, 0.2) is 0 Å². The monoisotopic (exact) mass is 320 g/mol. The van der Waals surface area contributed by atoms with Gasteiger partial charge in [-0.05, 0) is 44.9 Å². The van der Waals surface area contributed by atoms with Crippen LogP contribution in [0.1, 0.15) is 50.3 Å². The van der Waals surface area contributed by atoms with Gasteiger partial charge in [-0.25, -0.2) is 5.43 Å². The second-order valence-electron chi connectivity index (χ2n) is 4.99. The maximum atomic E-state index is 12.2. The van der Waals surface area contributed by atoms with Crippen LogP contribution in [0, 0.1) is 20.8 Å². The van der Waals surface area contributed by atoms with Crippen molar-refractivity contribution in [3.05, 3.63) is 43.3 Å². The molecule has 112 valence electrons. The molecule has 2 heterocycles. The Kier molecular flexibility index (Phi) is 5.31. The van der Waals surface area contributed by atoms with E-state index in [2.05, 4.69) is 36.5 Å². The lowest BCUT2D eigenvalue weighted by molar-refractivity contribution is 0.0954. The summed E-state index contributed by atoms with van der Waals surface area (Å²) in [5.74, 6) is -0.126. The number of aryl methyl sites for hydroxylation is 2. The molecule has 21 heavy (non-hydrogen) atoms. The van der Waals surface area contributed by atoms with Gasteiger partial charge in [0.2, 0.25) is 0 Å². The molecule has 0 saturated heterocycles. The summed E-state index contributed by atoms with van der Waals surface area (Å²) in [6, 6.07) is 4.15. The van der Waals surface area contributed by atoms with E-state index in [4.69, 9.17) is 0 Å². The molecule has 0 atom stereocenters. The molecule has 0 radical (unpaired) electrons. The number of hydrogen-bond acceptors (Lipinski definition) is 4. The molecule has 5 heteroatoms. The van der Waals surface area contributed by atoms with Crippen molar-refractivity contribution >= 4 is 34.3 Å². The Bertz CT molecular complexity index is 668. The van der Waals surface area contributed by atoms with Crippen LogP contribution >= 0.6 is 22.7 Å². The van der Waals surface area contributed by atoms with Crippen LogP contribution in [0.4, 0.5) is 0 Å². The molecule has 2 rings (SSSR count). The molecule has 0 aliphatic rings. The molecular formula is C16H20N2OS2. The molecule has 2 aromatic rings. The molecule has 0 fully saturated rings. The molecule has 0 aromatic carbocycles. The van der Waals surface area contributed by atoms with Gasteiger partial charge in [0.1, 0.15) is 0 Å². The fraction of sp³-hybridized carbons (Fsp3) is 0.375. The summed E-state index contributed by atoms with van der Waals surface area (Å²) in [5.41, 5.74) is 5.42. The molecular weight excluding hydrogens is 300 g/mol. The van der Waals surface area contributed by atoms with E-state index in [1.165, 1.54) is 9.75 Å². The van der Waals surface area contributed by atoms with Crippen molar-refractivity contribution in [1.82, 2.24) is 5.43 Å². The fourth-order valence-corrected chi connectivity index (χ4v) is 3.73. The highest BCUT2D eigenvalue weighted by Crippen LogP contribution is 2.21. The third-order valence-electron chi connectivity index (χ3n) is 3.33. The summed E-state index contributed by atoms with van der Waals surface area (Å²) >= 11 is 3.31. The largest absolute Gasteiger partial charge is 0.272 e. The van der Waals surface area contributed by atoms with Crippen LogP contribution in [0.15, 0.2) is 22.6 Å². The standard InChI is InChI=1S/C16H20N2OS2/c1-5-6-14(15-8-7-10(2)21-15)17-18-16(19)13-9-20-12(4)11(13)3/h7-9H,5-6H2,1-4H3,(H,18,19)/b17-14+. The maximum absolute atomic E-state index is 12.2. The molecule has 1 amide bonds. The number of rotatable bonds is 5. The van der Waals surface area contributed by atoms with Gasteiger partial charge in [-0.2, -0.15) is 5.10 Å². The van der Waals surface area contributed by atoms with Gasteiger partial charge in [0.25, 0.3) is 5.91 Å². The van der Waals surface area contributed by atoms with Crippen LogP contribution in [-0.4, -0.2) is 11.6 Å². The number of carbonyl (C=O) groups is 1. The average molecular weight is 320 g/mol. The van der Waals surface area contributed by atoms with Crippen LogP contribution in [0.5, 0.6) is 0 Å². The molecule has 0 aliphatic carbocycles. The van der Waals surface area contributed by atoms with Crippen molar-refractivity contribution < 1.29 is 4.79 Å². The summed E-state index contributed by atoms with van der Waals surface area (Å²) in [6.07, 6.45) is 1.87. The maximum Gasteiger partial charge on any atom is 0.272 e. The third kappa shape index (κ3) is 3.80. The van der Waals surface area contributed by atoms with Crippen LogP contribution in [-0.2, 0) is 0 Å². The zero-order valence-electron chi connectivity index (χ0n) is 12.8. The Morgan fingerprint density at radius 3 is 2.57 bits per heavy atom. The average Bonchev–Trinajstić information content (AvgIpc) is 3.02. The second kappa shape index (κ2) is 7.00. The van der Waals surface area contributed by atoms with Gasteiger partial charge in [0, 0.05) is 15.1 Å². The molecule has 0 aliphatic heterocycles. The van der Waals surface area contributed by atoms with Crippen LogP contribution < -0.4 is 5.43 Å². The number of amides is 1. The lowest BCUT2D eigenvalue weighted by Gasteiger charge is -2.04. The lowest BCUT2D eigenvalue weighted by atomic mass is 10.2. The van der Waals surface area contributed by atoms with E-state index in [0.29, 0.717) is 0 Å². The van der Waals surface area contributed by atoms with Crippen molar-refractivity contribution in [3.8, 4) is 0 Å². The van der Waals surface area contributed by atoms with E-state index in [0.717, 1.165) is 34.6 Å². The SMILES string of the molecule is CCC/C(=N\NC(=O)c1csc(C)c1C)c1ccc(C)s1. The van der Waals surface area contributed by atoms with E-state index in [1.54, 1.807) is 22.7 Å². The van der Waals surface area contributed by atoms with Crippen LogP contribution in [0.3, 0.4) is 0 Å². The number of hydrogen-bond donors (Lipinski definition) is 1. The minimum atomic E-state index is -0.126. The van der Waals surface area contributed by atoms with Gasteiger partial charge < -0.3 is 0 Å². The minimum Gasteiger partial charge on any atom is -0.267 e. The van der Waals surface area contributed by atoms with Crippen LogP contribution in [0.25, 0.3) is 0 Å². The first-order chi connectivity index (χ1) is 10.0. The summed E-state index contributed by atoms with van der Waals surface area (Å²) in [7, 11) is 0. The van der Waals surface area contributed by atoms with Gasteiger partial charge in [-0.15, -0.1) is 22.7 Å². The molecule has 3 nitrogen and oxygen atoms in total. The van der Waals surface area contributed by atoms with Crippen molar-refractivity contribution in [2.45, 2.75) is 40.5 Å². The van der Waals surface area contributed by atoms with Crippen molar-refractivity contribution in [2.75, 3.05) is 0 Å². The summed E-state index contributed by atoms with van der Waals surface area (Å²) < 4.78 is 0. The first-order valence-corrected chi connectivity index (χ1v) is 8.71. The first-order valence-electron chi connectivity index (χ1n) is 7.01. The highest BCUT2D eigenvalue weighted by molar-refractivity contribution is 7.14. The van der Waals surface area contributed by atoms with E-state index in [9.17, 15) is 4.79 Å². The minimum absolute atomic E-state index is 0.126. The highest BCUT2D eigenvalue weighted by Gasteiger charge is 2.13. The Hall–Kier alpha value is -1.46. The van der Waals surface area contributed by atoms with Gasteiger partial charge in [-0.1, -0.05) is 13.3 Å². The van der Waals surface area contributed by atoms with Crippen molar-refractivity contribution in [2.24, 2.45) is 5.10 Å². The summed E-state index contributed by atoms with van der Waals surface area (Å²) in [6.45, 7) is 8.19.